The number of rotatable bonds is 6. The zero-order valence-electron chi connectivity index (χ0n) is 15.2. The van der Waals surface area contributed by atoms with Crippen LogP contribution in [0.15, 0.2) is 30.3 Å². The molecule has 0 N–H and O–H groups in total. The number of para-hydroxylation sites is 1. The van der Waals surface area contributed by atoms with Crippen LogP contribution in [-0.2, 0) is 14.8 Å². The summed E-state index contributed by atoms with van der Waals surface area (Å²) in [7, 11) is -3.33. The van der Waals surface area contributed by atoms with Gasteiger partial charge in [0.1, 0.15) is 18.4 Å². The van der Waals surface area contributed by atoms with Gasteiger partial charge in [0.2, 0.25) is 15.9 Å². The second-order valence-electron chi connectivity index (χ2n) is 6.86. The lowest BCUT2D eigenvalue weighted by atomic mass is 10.2. The molecule has 2 aliphatic rings. The Labute approximate surface area is 155 Å². The predicted octanol–water partition coefficient (Wildman–Crippen LogP) is 0.634. The first-order chi connectivity index (χ1) is 12.4. The molecule has 0 saturated carbocycles. The molecule has 2 aliphatic heterocycles. The Kier molecular flexibility index (Phi) is 6.16. The summed E-state index contributed by atoms with van der Waals surface area (Å²) in [6.45, 7) is 4.73. The quantitative estimate of drug-likeness (QED) is 0.723. The van der Waals surface area contributed by atoms with Gasteiger partial charge < -0.3 is 9.64 Å². The van der Waals surface area contributed by atoms with Crippen molar-refractivity contribution in [3.05, 3.63) is 30.3 Å². The maximum absolute atomic E-state index is 12.7. The van der Waals surface area contributed by atoms with Gasteiger partial charge in [0.05, 0.1) is 6.26 Å². The van der Waals surface area contributed by atoms with Crippen LogP contribution in [-0.4, -0.2) is 86.6 Å². The molecule has 0 bridgehead atoms. The van der Waals surface area contributed by atoms with E-state index in [-0.39, 0.29) is 5.91 Å². The normalized spacial score (nSPS) is 22.5. The number of sulfonamides is 1. The zero-order valence-corrected chi connectivity index (χ0v) is 16.0. The van der Waals surface area contributed by atoms with Crippen LogP contribution >= 0.6 is 0 Å². The SMILES string of the molecule is CS(=O)(=O)N1CCC[C@H]1C(=O)N1CCN(CCOc2ccccc2)CC1. The summed E-state index contributed by atoms with van der Waals surface area (Å²) in [4.78, 5) is 16.8. The lowest BCUT2D eigenvalue weighted by Gasteiger charge is -2.36. The van der Waals surface area contributed by atoms with E-state index in [1.807, 2.05) is 35.2 Å². The fourth-order valence-corrected chi connectivity index (χ4v) is 4.71. The molecule has 0 unspecified atom stereocenters. The molecule has 0 spiro atoms. The van der Waals surface area contributed by atoms with Crippen LogP contribution in [0.25, 0.3) is 0 Å². The summed E-state index contributed by atoms with van der Waals surface area (Å²) in [5.41, 5.74) is 0. The Morgan fingerprint density at radius 2 is 1.81 bits per heavy atom. The molecule has 8 heteroatoms. The van der Waals surface area contributed by atoms with Gasteiger partial charge in [-0.15, -0.1) is 0 Å². The molecule has 1 amide bonds. The molecule has 0 aromatic heterocycles. The molecule has 26 heavy (non-hydrogen) atoms. The first-order valence-corrected chi connectivity index (χ1v) is 11.0. The maximum Gasteiger partial charge on any atom is 0.241 e. The van der Waals surface area contributed by atoms with E-state index in [2.05, 4.69) is 4.90 Å². The van der Waals surface area contributed by atoms with E-state index in [0.29, 0.717) is 32.7 Å². The van der Waals surface area contributed by atoms with Crippen molar-refractivity contribution in [2.45, 2.75) is 18.9 Å². The fraction of sp³-hybridized carbons (Fsp3) is 0.611. The molecule has 3 rings (SSSR count). The molecule has 1 aromatic rings. The number of piperazine rings is 1. The molecule has 1 atom stereocenters. The lowest BCUT2D eigenvalue weighted by Crippen LogP contribution is -2.54. The van der Waals surface area contributed by atoms with Crippen LogP contribution in [0.4, 0.5) is 0 Å². The fourth-order valence-electron chi connectivity index (χ4n) is 3.60. The maximum atomic E-state index is 12.7. The molecular formula is C18H27N3O4S. The predicted molar refractivity (Wildman–Crippen MR) is 99.5 cm³/mol. The lowest BCUT2D eigenvalue weighted by molar-refractivity contribution is -0.136. The largest absolute Gasteiger partial charge is 0.492 e. The van der Waals surface area contributed by atoms with Gasteiger partial charge in [-0.2, -0.15) is 4.31 Å². The first kappa shape index (κ1) is 19.1. The van der Waals surface area contributed by atoms with Gasteiger partial charge in [-0.05, 0) is 25.0 Å². The van der Waals surface area contributed by atoms with Crippen LogP contribution < -0.4 is 4.74 Å². The third-order valence-electron chi connectivity index (χ3n) is 5.02. The van der Waals surface area contributed by atoms with Gasteiger partial charge in [-0.3, -0.25) is 9.69 Å². The second-order valence-corrected chi connectivity index (χ2v) is 8.80. The van der Waals surface area contributed by atoms with Crippen molar-refractivity contribution in [2.75, 3.05) is 52.1 Å². The van der Waals surface area contributed by atoms with Crippen LogP contribution in [0.3, 0.4) is 0 Å². The smallest absolute Gasteiger partial charge is 0.241 e. The monoisotopic (exact) mass is 381 g/mol. The van der Waals surface area contributed by atoms with Crippen LogP contribution in [0.1, 0.15) is 12.8 Å². The Hall–Kier alpha value is -1.64. The highest BCUT2D eigenvalue weighted by Gasteiger charge is 2.39. The van der Waals surface area contributed by atoms with Gasteiger partial charge in [-0.25, -0.2) is 8.42 Å². The number of carbonyl (C=O) groups is 1. The summed E-state index contributed by atoms with van der Waals surface area (Å²) in [6, 6.07) is 9.21. The Morgan fingerprint density at radius 3 is 2.46 bits per heavy atom. The number of hydrogen-bond donors (Lipinski definition) is 0. The third-order valence-corrected chi connectivity index (χ3v) is 6.31. The molecule has 2 fully saturated rings. The van der Waals surface area contributed by atoms with E-state index < -0.39 is 16.1 Å². The Balaban J connectivity index is 1.44. The van der Waals surface area contributed by atoms with E-state index in [4.69, 9.17) is 4.74 Å². The highest BCUT2D eigenvalue weighted by Crippen LogP contribution is 2.22. The van der Waals surface area contributed by atoms with Crippen molar-refractivity contribution >= 4 is 15.9 Å². The van der Waals surface area contributed by atoms with E-state index >= 15 is 0 Å². The molecular weight excluding hydrogens is 354 g/mol. The van der Waals surface area contributed by atoms with E-state index in [1.54, 1.807) is 0 Å². The number of nitrogens with zero attached hydrogens (tertiary/aromatic N) is 3. The minimum Gasteiger partial charge on any atom is -0.492 e. The van der Waals surface area contributed by atoms with Crippen molar-refractivity contribution in [1.29, 1.82) is 0 Å². The van der Waals surface area contributed by atoms with Crippen LogP contribution in [0.2, 0.25) is 0 Å². The number of carbonyl (C=O) groups excluding carboxylic acids is 1. The van der Waals surface area contributed by atoms with Crippen molar-refractivity contribution in [3.8, 4) is 5.75 Å². The van der Waals surface area contributed by atoms with E-state index in [9.17, 15) is 13.2 Å². The summed E-state index contributed by atoms with van der Waals surface area (Å²) in [5, 5.41) is 0. The highest BCUT2D eigenvalue weighted by molar-refractivity contribution is 7.88. The van der Waals surface area contributed by atoms with Crippen molar-refractivity contribution in [3.63, 3.8) is 0 Å². The third kappa shape index (κ3) is 4.75. The molecule has 144 valence electrons. The molecule has 0 radical (unpaired) electrons. The average molecular weight is 381 g/mol. The van der Waals surface area contributed by atoms with Crippen LogP contribution in [0, 0.1) is 0 Å². The molecule has 7 nitrogen and oxygen atoms in total. The van der Waals surface area contributed by atoms with Gasteiger partial charge in [0.25, 0.3) is 0 Å². The average Bonchev–Trinajstić information content (AvgIpc) is 3.13. The summed E-state index contributed by atoms with van der Waals surface area (Å²) in [6.07, 6.45) is 2.56. The molecule has 1 aromatic carbocycles. The van der Waals surface area contributed by atoms with Gasteiger partial charge in [0, 0.05) is 39.3 Å². The number of benzene rings is 1. The zero-order chi connectivity index (χ0) is 18.6. The van der Waals surface area contributed by atoms with Gasteiger partial charge >= 0.3 is 0 Å². The van der Waals surface area contributed by atoms with Gasteiger partial charge in [0.15, 0.2) is 0 Å². The van der Waals surface area contributed by atoms with Crippen molar-refractivity contribution in [1.82, 2.24) is 14.1 Å². The van der Waals surface area contributed by atoms with Crippen molar-refractivity contribution < 1.29 is 17.9 Å². The second kappa shape index (κ2) is 8.37. The first-order valence-electron chi connectivity index (χ1n) is 9.11. The van der Waals surface area contributed by atoms with Crippen molar-refractivity contribution in [2.24, 2.45) is 0 Å². The molecule has 2 heterocycles. The number of ether oxygens (including phenoxy) is 1. The molecule has 2 saturated heterocycles. The number of amides is 1. The Morgan fingerprint density at radius 1 is 1.12 bits per heavy atom. The highest BCUT2D eigenvalue weighted by atomic mass is 32.2. The van der Waals surface area contributed by atoms with Crippen LogP contribution in [0.5, 0.6) is 5.75 Å². The van der Waals surface area contributed by atoms with Gasteiger partial charge in [-0.1, -0.05) is 18.2 Å². The topological polar surface area (TPSA) is 70.2 Å². The molecule has 0 aliphatic carbocycles. The minimum atomic E-state index is -3.33. The minimum absolute atomic E-state index is 0.0480. The van der Waals surface area contributed by atoms with E-state index in [1.165, 1.54) is 10.6 Å². The Bertz CT molecular complexity index is 702. The summed E-state index contributed by atoms with van der Waals surface area (Å²) >= 11 is 0. The van der Waals surface area contributed by atoms with E-state index in [0.717, 1.165) is 31.8 Å². The summed E-state index contributed by atoms with van der Waals surface area (Å²) in [5.74, 6) is 0.816. The number of hydrogen-bond acceptors (Lipinski definition) is 5. The summed E-state index contributed by atoms with van der Waals surface area (Å²) < 4.78 is 30.8. The standard InChI is InChI=1S/C18H27N3O4S/c1-26(23,24)21-9-5-8-17(21)18(22)20-12-10-19(11-13-20)14-15-25-16-6-3-2-4-7-16/h2-4,6-7,17H,5,8-15H2,1H3/t17-/m0/s1.